The molecule has 31 heavy (non-hydrogen) atoms. The first-order chi connectivity index (χ1) is 14.5. The van der Waals surface area contributed by atoms with E-state index >= 15 is 0 Å². The first-order valence-corrected chi connectivity index (χ1v) is 10.8. The summed E-state index contributed by atoms with van der Waals surface area (Å²) in [4.78, 5) is 37.9. The lowest BCUT2D eigenvalue weighted by Crippen LogP contribution is -2.48. The third-order valence-electron chi connectivity index (χ3n) is 5.07. The van der Waals surface area contributed by atoms with E-state index in [-0.39, 0.29) is 37.4 Å². The summed E-state index contributed by atoms with van der Waals surface area (Å²) in [5, 5.41) is 5.54. The molecule has 0 saturated carbocycles. The lowest BCUT2D eigenvalue weighted by Gasteiger charge is -2.32. The Hall–Kier alpha value is -2.77. The molecule has 0 aromatic heterocycles. The average molecular weight is 434 g/mol. The van der Waals surface area contributed by atoms with E-state index in [4.69, 9.17) is 9.47 Å². The molecule has 0 bridgehead atoms. The molecule has 172 valence electrons. The van der Waals surface area contributed by atoms with Crippen LogP contribution in [0.2, 0.25) is 0 Å². The van der Waals surface area contributed by atoms with Crippen LogP contribution in [-0.2, 0) is 14.3 Å². The molecule has 2 rings (SSSR count). The van der Waals surface area contributed by atoms with Crippen LogP contribution in [0.25, 0.3) is 0 Å². The number of aryl methyl sites for hydroxylation is 2. The van der Waals surface area contributed by atoms with E-state index in [2.05, 4.69) is 10.6 Å². The smallest absolute Gasteiger partial charge is 0.407 e. The Labute approximate surface area is 184 Å². The zero-order chi connectivity index (χ0) is 23.0. The van der Waals surface area contributed by atoms with Crippen LogP contribution in [0.4, 0.5) is 4.79 Å². The minimum absolute atomic E-state index is 0.00978. The highest BCUT2D eigenvalue weighted by Crippen LogP contribution is 2.17. The molecule has 1 aromatic carbocycles. The highest BCUT2D eigenvalue weighted by molar-refractivity contribution is 5.78. The maximum atomic E-state index is 12.4. The maximum absolute atomic E-state index is 12.4. The van der Waals surface area contributed by atoms with Gasteiger partial charge in [0.25, 0.3) is 5.91 Å². The fourth-order valence-electron chi connectivity index (χ4n) is 3.21. The molecule has 0 aliphatic carbocycles. The van der Waals surface area contributed by atoms with Gasteiger partial charge in [0, 0.05) is 32.1 Å². The molecule has 1 aromatic rings. The Morgan fingerprint density at radius 1 is 1.10 bits per heavy atom. The summed E-state index contributed by atoms with van der Waals surface area (Å²) in [5.74, 6) is 0.516. The van der Waals surface area contributed by atoms with Crippen molar-refractivity contribution in [3.05, 3.63) is 29.3 Å². The van der Waals surface area contributed by atoms with Crippen LogP contribution in [0.1, 0.15) is 51.2 Å². The zero-order valence-corrected chi connectivity index (χ0v) is 19.2. The Balaban J connectivity index is 1.64. The van der Waals surface area contributed by atoms with E-state index in [1.54, 1.807) is 25.7 Å². The van der Waals surface area contributed by atoms with E-state index < -0.39 is 11.7 Å². The van der Waals surface area contributed by atoms with Crippen molar-refractivity contribution in [2.24, 2.45) is 0 Å². The minimum atomic E-state index is -0.568. The molecule has 0 radical (unpaired) electrons. The predicted octanol–water partition coefficient (Wildman–Crippen LogP) is 2.70. The first-order valence-electron chi connectivity index (χ1n) is 10.8. The van der Waals surface area contributed by atoms with E-state index in [1.807, 2.05) is 32.0 Å². The summed E-state index contributed by atoms with van der Waals surface area (Å²) in [6.45, 7) is 10.8. The number of amides is 3. The number of hydrogen-bond donors (Lipinski definition) is 2. The predicted molar refractivity (Wildman–Crippen MR) is 118 cm³/mol. The van der Waals surface area contributed by atoms with Gasteiger partial charge in [-0.1, -0.05) is 6.07 Å². The number of carbonyl (C=O) groups is 3. The number of nitrogens with one attached hydrogen (secondary N) is 2. The first kappa shape index (κ1) is 24.5. The molecule has 1 aliphatic rings. The molecule has 1 saturated heterocycles. The molecule has 8 heteroatoms. The van der Waals surface area contributed by atoms with Crippen LogP contribution in [0.5, 0.6) is 5.75 Å². The topological polar surface area (TPSA) is 97.0 Å². The van der Waals surface area contributed by atoms with Crippen molar-refractivity contribution >= 4 is 17.9 Å². The van der Waals surface area contributed by atoms with Gasteiger partial charge >= 0.3 is 6.09 Å². The number of benzene rings is 1. The van der Waals surface area contributed by atoms with Gasteiger partial charge in [-0.2, -0.15) is 0 Å². The monoisotopic (exact) mass is 433 g/mol. The summed E-state index contributed by atoms with van der Waals surface area (Å²) >= 11 is 0. The quantitative estimate of drug-likeness (QED) is 0.689. The maximum Gasteiger partial charge on any atom is 0.407 e. The molecule has 1 aliphatic heterocycles. The third kappa shape index (κ3) is 8.86. The van der Waals surface area contributed by atoms with Gasteiger partial charge in [0.05, 0.1) is 0 Å². The Morgan fingerprint density at radius 3 is 2.39 bits per heavy atom. The van der Waals surface area contributed by atoms with Crippen molar-refractivity contribution in [3.63, 3.8) is 0 Å². The largest absolute Gasteiger partial charge is 0.484 e. The van der Waals surface area contributed by atoms with Gasteiger partial charge in [-0.15, -0.1) is 0 Å². The molecule has 8 nitrogen and oxygen atoms in total. The van der Waals surface area contributed by atoms with Gasteiger partial charge < -0.3 is 25.0 Å². The summed E-state index contributed by atoms with van der Waals surface area (Å²) < 4.78 is 10.8. The van der Waals surface area contributed by atoms with Crippen molar-refractivity contribution in [1.82, 2.24) is 15.5 Å². The summed E-state index contributed by atoms with van der Waals surface area (Å²) in [6, 6.07) is 5.81. The molecule has 0 unspecified atom stereocenters. The number of alkyl carbamates (subject to hydrolysis) is 1. The Morgan fingerprint density at radius 2 is 1.77 bits per heavy atom. The van der Waals surface area contributed by atoms with Crippen LogP contribution >= 0.6 is 0 Å². The van der Waals surface area contributed by atoms with Crippen LogP contribution in [-0.4, -0.2) is 60.7 Å². The summed E-state index contributed by atoms with van der Waals surface area (Å²) in [6.07, 6.45) is 1.04. The fourth-order valence-corrected chi connectivity index (χ4v) is 3.21. The van der Waals surface area contributed by atoms with Crippen molar-refractivity contribution in [2.75, 3.05) is 26.2 Å². The second-order valence-corrected chi connectivity index (χ2v) is 8.94. The number of nitrogens with zero attached hydrogens (tertiary/aromatic N) is 1. The van der Waals surface area contributed by atoms with Crippen molar-refractivity contribution < 1.29 is 23.9 Å². The normalized spacial score (nSPS) is 14.7. The molecule has 1 fully saturated rings. The molecular formula is C23H35N3O5. The highest BCUT2D eigenvalue weighted by Gasteiger charge is 2.24. The van der Waals surface area contributed by atoms with E-state index in [9.17, 15) is 14.4 Å². The second-order valence-electron chi connectivity index (χ2n) is 8.94. The van der Waals surface area contributed by atoms with Crippen LogP contribution in [0.15, 0.2) is 18.2 Å². The Bertz CT molecular complexity index is 780. The van der Waals surface area contributed by atoms with Gasteiger partial charge in [-0.25, -0.2) is 4.79 Å². The number of hydrogen-bond acceptors (Lipinski definition) is 5. The van der Waals surface area contributed by atoms with Gasteiger partial charge in [-0.3, -0.25) is 9.59 Å². The van der Waals surface area contributed by atoms with E-state index in [1.165, 1.54) is 5.56 Å². The number of ether oxygens (including phenoxy) is 2. The van der Waals surface area contributed by atoms with Gasteiger partial charge in [0.1, 0.15) is 11.4 Å². The van der Waals surface area contributed by atoms with E-state index in [0.29, 0.717) is 31.7 Å². The average Bonchev–Trinajstić information content (AvgIpc) is 2.68. The second kappa shape index (κ2) is 11.0. The van der Waals surface area contributed by atoms with Crippen molar-refractivity contribution in [2.45, 2.75) is 65.5 Å². The molecule has 3 amide bonds. The summed E-state index contributed by atoms with van der Waals surface area (Å²) in [7, 11) is 0. The van der Waals surface area contributed by atoms with Crippen molar-refractivity contribution in [3.8, 4) is 5.75 Å². The highest BCUT2D eigenvalue weighted by atomic mass is 16.6. The number of carbonyl (C=O) groups excluding carboxylic acids is 3. The lowest BCUT2D eigenvalue weighted by molar-refractivity contribution is -0.134. The van der Waals surface area contributed by atoms with E-state index in [0.717, 1.165) is 5.56 Å². The molecule has 2 N–H and O–H groups in total. The van der Waals surface area contributed by atoms with Crippen LogP contribution in [0, 0.1) is 13.8 Å². The molecule has 0 atom stereocenters. The Kier molecular flexibility index (Phi) is 8.71. The fraction of sp³-hybridized carbons (Fsp3) is 0.609. The minimum Gasteiger partial charge on any atom is -0.484 e. The van der Waals surface area contributed by atoms with Crippen LogP contribution in [0.3, 0.4) is 0 Å². The third-order valence-corrected chi connectivity index (χ3v) is 5.07. The SMILES string of the molecule is Cc1ccc(OCC(=O)N2CCC(NC(=O)CCNC(=O)OC(C)(C)C)CC2)cc1C. The van der Waals surface area contributed by atoms with Gasteiger partial charge in [0.2, 0.25) is 5.91 Å². The number of rotatable bonds is 7. The zero-order valence-electron chi connectivity index (χ0n) is 19.2. The van der Waals surface area contributed by atoms with Gasteiger partial charge in [-0.05, 0) is 70.7 Å². The van der Waals surface area contributed by atoms with Crippen LogP contribution < -0.4 is 15.4 Å². The van der Waals surface area contributed by atoms with Crippen molar-refractivity contribution in [1.29, 1.82) is 0 Å². The summed E-state index contributed by atoms with van der Waals surface area (Å²) in [5.41, 5.74) is 1.74. The molecule has 0 spiro atoms. The lowest BCUT2D eigenvalue weighted by atomic mass is 10.0. The van der Waals surface area contributed by atoms with Gasteiger partial charge in [0.15, 0.2) is 6.61 Å². The molecule has 1 heterocycles. The molecular weight excluding hydrogens is 398 g/mol. The number of likely N-dealkylation sites (tertiary alicyclic amines) is 1. The standard InChI is InChI=1S/C23H35N3O5/c1-16-6-7-19(14-17(16)2)30-15-21(28)26-12-9-18(10-13-26)25-20(27)8-11-24-22(29)31-23(3,4)5/h6-7,14,18H,8-13,15H2,1-5H3,(H,24,29)(H,25,27). The number of piperidine rings is 1.